The molecule has 1 unspecified atom stereocenters. The number of hydrogen-bond donors (Lipinski definition) is 0. The van der Waals surface area contributed by atoms with Crippen molar-refractivity contribution in [3.05, 3.63) is 0 Å². The number of ketones is 1. The average molecular weight is 223 g/mol. The molecule has 0 aromatic heterocycles. The second kappa shape index (κ2) is 5.81. The number of Topliss-reactive ketones (excluding diaryl/α,β-unsaturated/α-hetero) is 1. The van der Waals surface area contributed by atoms with Crippen molar-refractivity contribution in [1.82, 2.24) is 4.90 Å². The zero-order valence-electron chi connectivity index (χ0n) is 10.6. The van der Waals surface area contributed by atoms with E-state index in [1.807, 2.05) is 0 Å². The molecule has 1 heterocycles. The summed E-state index contributed by atoms with van der Waals surface area (Å²) in [5.74, 6) is 1.43. The molecule has 1 saturated heterocycles. The number of carbonyl (C=O) groups is 1. The fourth-order valence-electron chi connectivity index (χ4n) is 3.20. The Morgan fingerprint density at radius 1 is 1.12 bits per heavy atom. The molecule has 2 heteroatoms. The first-order chi connectivity index (χ1) is 7.81. The molecule has 0 radical (unpaired) electrons. The third-order valence-corrected chi connectivity index (χ3v) is 4.44. The first-order valence-corrected chi connectivity index (χ1v) is 7.08. The van der Waals surface area contributed by atoms with Crippen LogP contribution in [-0.4, -0.2) is 29.8 Å². The highest BCUT2D eigenvalue weighted by Gasteiger charge is 2.29. The second-order valence-electron chi connectivity index (χ2n) is 5.47. The predicted molar refractivity (Wildman–Crippen MR) is 66.5 cm³/mol. The molecule has 2 aliphatic rings. The van der Waals surface area contributed by atoms with Crippen molar-refractivity contribution in [2.24, 2.45) is 5.92 Å². The Kier molecular flexibility index (Phi) is 4.39. The maximum absolute atomic E-state index is 12.0. The minimum absolute atomic E-state index is 0.278. The lowest BCUT2D eigenvalue weighted by molar-refractivity contribution is -0.124. The summed E-state index contributed by atoms with van der Waals surface area (Å²) in [5, 5.41) is 0. The number of hydrogen-bond acceptors (Lipinski definition) is 2. The molecule has 92 valence electrons. The molecule has 2 fully saturated rings. The van der Waals surface area contributed by atoms with Crippen LogP contribution in [0, 0.1) is 5.92 Å². The Labute approximate surface area is 99.4 Å². The predicted octanol–water partition coefficient (Wildman–Crippen LogP) is 3.01. The van der Waals surface area contributed by atoms with E-state index in [2.05, 4.69) is 11.8 Å². The topological polar surface area (TPSA) is 20.3 Å². The highest BCUT2D eigenvalue weighted by molar-refractivity contribution is 5.84. The average Bonchev–Trinajstić information content (AvgIpc) is 2.54. The van der Waals surface area contributed by atoms with Gasteiger partial charge >= 0.3 is 0 Å². The molecule has 1 saturated carbocycles. The Morgan fingerprint density at radius 2 is 1.88 bits per heavy atom. The minimum atomic E-state index is 0.278. The molecule has 1 aliphatic carbocycles. The van der Waals surface area contributed by atoms with Gasteiger partial charge in [0.15, 0.2) is 0 Å². The number of carbonyl (C=O) groups excluding carboxylic acids is 1. The third-order valence-electron chi connectivity index (χ3n) is 4.44. The SMILES string of the molecule is CCC1CCN(C2CCCCCC2=O)CC1. The van der Waals surface area contributed by atoms with Gasteiger partial charge in [-0.1, -0.05) is 26.2 Å². The molecule has 0 N–H and O–H groups in total. The zero-order valence-corrected chi connectivity index (χ0v) is 10.6. The van der Waals surface area contributed by atoms with E-state index >= 15 is 0 Å². The van der Waals surface area contributed by atoms with E-state index in [4.69, 9.17) is 0 Å². The first kappa shape index (κ1) is 12.1. The van der Waals surface area contributed by atoms with Crippen molar-refractivity contribution in [1.29, 1.82) is 0 Å². The van der Waals surface area contributed by atoms with Gasteiger partial charge < -0.3 is 0 Å². The number of piperidine rings is 1. The van der Waals surface area contributed by atoms with Crippen molar-refractivity contribution < 1.29 is 4.79 Å². The van der Waals surface area contributed by atoms with Crippen molar-refractivity contribution in [3.8, 4) is 0 Å². The molecule has 0 amide bonds. The van der Waals surface area contributed by atoms with E-state index in [-0.39, 0.29) is 6.04 Å². The van der Waals surface area contributed by atoms with Crippen molar-refractivity contribution in [2.75, 3.05) is 13.1 Å². The monoisotopic (exact) mass is 223 g/mol. The molecule has 1 aliphatic heterocycles. The summed E-state index contributed by atoms with van der Waals surface area (Å²) < 4.78 is 0. The normalized spacial score (nSPS) is 30.3. The Balaban J connectivity index is 1.89. The van der Waals surface area contributed by atoms with E-state index < -0.39 is 0 Å². The van der Waals surface area contributed by atoms with Crippen molar-refractivity contribution in [3.63, 3.8) is 0 Å². The number of rotatable bonds is 2. The summed E-state index contributed by atoms with van der Waals surface area (Å²) in [6.07, 6.45) is 9.51. The third kappa shape index (κ3) is 2.85. The lowest BCUT2D eigenvalue weighted by Crippen LogP contribution is -2.45. The Morgan fingerprint density at radius 3 is 2.56 bits per heavy atom. The van der Waals surface area contributed by atoms with Crippen LogP contribution >= 0.6 is 0 Å². The van der Waals surface area contributed by atoms with Gasteiger partial charge in [-0.15, -0.1) is 0 Å². The lowest BCUT2D eigenvalue weighted by atomic mass is 9.92. The molecular weight excluding hydrogens is 198 g/mol. The van der Waals surface area contributed by atoms with Crippen LogP contribution in [0.5, 0.6) is 0 Å². The highest BCUT2D eigenvalue weighted by atomic mass is 16.1. The largest absolute Gasteiger partial charge is 0.298 e. The fourth-order valence-corrected chi connectivity index (χ4v) is 3.20. The molecule has 0 aromatic rings. The van der Waals surface area contributed by atoms with Crippen LogP contribution in [0.15, 0.2) is 0 Å². The van der Waals surface area contributed by atoms with Gasteiger partial charge in [0, 0.05) is 6.42 Å². The van der Waals surface area contributed by atoms with Gasteiger partial charge in [-0.05, 0) is 44.7 Å². The molecule has 1 atom stereocenters. The van der Waals surface area contributed by atoms with Gasteiger partial charge in [-0.25, -0.2) is 0 Å². The van der Waals surface area contributed by atoms with E-state index in [0.717, 1.165) is 38.3 Å². The van der Waals surface area contributed by atoms with E-state index in [1.54, 1.807) is 0 Å². The van der Waals surface area contributed by atoms with Crippen LogP contribution in [-0.2, 0) is 4.79 Å². The zero-order chi connectivity index (χ0) is 11.4. The number of nitrogens with zero attached hydrogens (tertiary/aromatic N) is 1. The van der Waals surface area contributed by atoms with Crippen molar-refractivity contribution in [2.45, 2.75) is 64.3 Å². The summed E-state index contributed by atoms with van der Waals surface area (Å²) in [6, 6.07) is 0.278. The molecular formula is C14H25NO. The van der Waals surface area contributed by atoms with Crippen LogP contribution in [0.1, 0.15) is 58.3 Å². The van der Waals surface area contributed by atoms with Gasteiger partial charge in [0.25, 0.3) is 0 Å². The summed E-state index contributed by atoms with van der Waals surface area (Å²) in [4.78, 5) is 14.5. The van der Waals surface area contributed by atoms with Gasteiger partial charge in [0.2, 0.25) is 0 Å². The van der Waals surface area contributed by atoms with Gasteiger partial charge in [-0.2, -0.15) is 0 Å². The van der Waals surface area contributed by atoms with Crippen LogP contribution in [0.25, 0.3) is 0 Å². The van der Waals surface area contributed by atoms with Gasteiger partial charge in [0.05, 0.1) is 6.04 Å². The van der Waals surface area contributed by atoms with Crippen LogP contribution in [0.4, 0.5) is 0 Å². The second-order valence-corrected chi connectivity index (χ2v) is 5.47. The van der Waals surface area contributed by atoms with E-state index in [0.29, 0.717) is 5.78 Å². The van der Waals surface area contributed by atoms with Crippen molar-refractivity contribution >= 4 is 5.78 Å². The summed E-state index contributed by atoms with van der Waals surface area (Å²) in [5.41, 5.74) is 0. The maximum atomic E-state index is 12.0. The highest BCUT2D eigenvalue weighted by Crippen LogP contribution is 2.25. The molecule has 16 heavy (non-hydrogen) atoms. The molecule has 0 spiro atoms. The Bertz CT molecular complexity index is 231. The van der Waals surface area contributed by atoms with Crippen LogP contribution in [0.3, 0.4) is 0 Å². The molecule has 0 aromatic carbocycles. The van der Waals surface area contributed by atoms with Crippen LogP contribution in [0.2, 0.25) is 0 Å². The van der Waals surface area contributed by atoms with Gasteiger partial charge in [-0.3, -0.25) is 9.69 Å². The summed E-state index contributed by atoms with van der Waals surface area (Å²) in [6.45, 7) is 4.61. The van der Waals surface area contributed by atoms with E-state index in [9.17, 15) is 4.79 Å². The molecule has 2 rings (SSSR count). The Hall–Kier alpha value is -0.370. The smallest absolute Gasteiger partial charge is 0.149 e. The number of likely N-dealkylation sites (tertiary alicyclic amines) is 1. The molecule has 0 bridgehead atoms. The fraction of sp³-hybridized carbons (Fsp3) is 0.929. The maximum Gasteiger partial charge on any atom is 0.149 e. The van der Waals surface area contributed by atoms with Crippen LogP contribution < -0.4 is 0 Å². The quantitative estimate of drug-likeness (QED) is 0.671. The molecule has 2 nitrogen and oxygen atoms in total. The standard InChI is InChI=1S/C14H25NO/c1-2-12-8-10-15(11-9-12)13-6-4-3-5-7-14(13)16/h12-13H,2-11H2,1H3. The van der Waals surface area contributed by atoms with Gasteiger partial charge in [0.1, 0.15) is 5.78 Å². The lowest BCUT2D eigenvalue weighted by Gasteiger charge is -2.36. The van der Waals surface area contributed by atoms with E-state index in [1.165, 1.54) is 32.1 Å². The summed E-state index contributed by atoms with van der Waals surface area (Å²) in [7, 11) is 0. The minimum Gasteiger partial charge on any atom is -0.298 e. The summed E-state index contributed by atoms with van der Waals surface area (Å²) >= 11 is 0. The first-order valence-electron chi connectivity index (χ1n) is 7.08.